The summed E-state index contributed by atoms with van der Waals surface area (Å²) in [5.41, 5.74) is 0. The van der Waals surface area contributed by atoms with E-state index in [0.29, 0.717) is 25.8 Å². The van der Waals surface area contributed by atoms with Gasteiger partial charge in [-0.25, -0.2) is 0 Å². The summed E-state index contributed by atoms with van der Waals surface area (Å²) >= 11 is 1.68. The molecule has 0 aliphatic heterocycles. The molecule has 4 heteroatoms. The summed E-state index contributed by atoms with van der Waals surface area (Å²) in [5.74, 6) is 0.776. The number of hydrogen-bond acceptors (Lipinski definition) is 4. The maximum Gasteiger partial charge on any atom is 0.0897 e. The number of aliphatic hydroxyl groups excluding tert-OH is 1. The molecule has 1 aromatic heterocycles. The van der Waals surface area contributed by atoms with Crippen LogP contribution in [-0.2, 0) is 11.3 Å². The summed E-state index contributed by atoms with van der Waals surface area (Å²) < 4.78 is 5.51. The van der Waals surface area contributed by atoms with Crippen molar-refractivity contribution in [2.75, 3.05) is 13.2 Å². The molecule has 0 radical (unpaired) electrons. The van der Waals surface area contributed by atoms with Gasteiger partial charge >= 0.3 is 0 Å². The fourth-order valence-electron chi connectivity index (χ4n) is 2.02. The van der Waals surface area contributed by atoms with Crippen LogP contribution in [0.5, 0.6) is 0 Å². The van der Waals surface area contributed by atoms with Gasteiger partial charge in [0.25, 0.3) is 0 Å². The molecule has 1 aromatic rings. The Kier molecular flexibility index (Phi) is 9.10. The molecule has 0 aliphatic carbocycles. The Bertz CT molecular complexity index is 327. The molecule has 1 heterocycles. The van der Waals surface area contributed by atoms with Gasteiger partial charge in [0.15, 0.2) is 0 Å². The Morgan fingerprint density at radius 1 is 1.30 bits per heavy atom. The minimum absolute atomic E-state index is 0.392. The van der Waals surface area contributed by atoms with Crippen molar-refractivity contribution in [1.29, 1.82) is 0 Å². The van der Waals surface area contributed by atoms with E-state index in [9.17, 15) is 5.11 Å². The van der Waals surface area contributed by atoms with Gasteiger partial charge in [0.2, 0.25) is 0 Å². The van der Waals surface area contributed by atoms with Crippen LogP contribution in [0.4, 0.5) is 0 Å². The predicted molar refractivity (Wildman–Crippen MR) is 86.1 cm³/mol. The van der Waals surface area contributed by atoms with Crippen molar-refractivity contribution in [2.24, 2.45) is 5.92 Å². The molecule has 2 N–H and O–H groups in total. The van der Waals surface area contributed by atoms with Gasteiger partial charge in [0.05, 0.1) is 19.3 Å². The molecule has 0 saturated carbocycles. The summed E-state index contributed by atoms with van der Waals surface area (Å²) in [6, 6.07) is 4.52. The van der Waals surface area contributed by atoms with Crippen molar-refractivity contribution in [3.8, 4) is 0 Å². The largest absolute Gasteiger partial charge is 0.389 e. The van der Waals surface area contributed by atoms with Crippen LogP contribution in [0.15, 0.2) is 17.5 Å². The third-order valence-electron chi connectivity index (χ3n) is 3.26. The molecule has 2 unspecified atom stereocenters. The van der Waals surface area contributed by atoms with Crippen LogP contribution >= 0.6 is 11.3 Å². The summed E-state index contributed by atoms with van der Waals surface area (Å²) in [6.07, 6.45) is 3.26. The van der Waals surface area contributed by atoms with E-state index in [1.54, 1.807) is 11.3 Å². The Labute approximate surface area is 127 Å². The van der Waals surface area contributed by atoms with Crippen LogP contribution in [0.3, 0.4) is 0 Å². The van der Waals surface area contributed by atoms with Crippen molar-refractivity contribution in [3.63, 3.8) is 0 Å². The van der Waals surface area contributed by atoms with Crippen molar-refractivity contribution in [2.45, 2.75) is 58.8 Å². The van der Waals surface area contributed by atoms with Crippen LogP contribution in [0, 0.1) is 5.92 Å². The highest BCUT2D eigenvalue weighted by Crippen LogP contribution is 2.10. The molecular formula is C16H29NO2S. The van der Waals surface area contributed by atoms with Gasteiger partial charge in [-0.2, -0.15) is 0 Å². The first-order valence-electron chi connectivity index (χ1n) is 7.59. The van der Waals surface area contributed by atoms with E-state index in [2.05, 4.69) is 26.1 Å². The van der Waals surface area contributed by atoms with Gasteiger partial charge in [0.1, 0.15) is 0 Å². The van der Waals surface area contributed by atoms with Crippen LogP contribution in [0.25, 0.3) is 0 Å². The molecule has 3 nitrogen and oxygen atoms in total. The van der Waals surface area contributed by atoms with Gasteiger partial charge in [-0.05, 0) is 30.7 Å². The van der Waals surface area contributed by atoms with E-state index in [4.69, 9.17) is 4.74 Å². The second-order valence-corrected chi connectivity index (χ2v) is 6.91. The minimum atomic E-state index is -0.428. The van der Waals surface area contributed by atoms with Crippen LogP contribution < -0.4 is 5.32 Å². The summed E-state index contributed by atoms with van der Waals surface area (Å²) in [4.78, 5) is 1.20. The first-order chi connectivity index (χ1) is 9.58. The highest BCUT2D eigenvalue weighted by molar-refractivity contribution is 7.09. The smallest absolute Gasteiger partial charge is 0.0897 e. The van der Waals surface area contributed by atoms with E-state index >= 15 is 0 Å². The van der Waals surface area contributed by atoms with Gasteiger partial charge in [-0.1, -0.05) is 32.8 Å². The zero-order valence-corrected chi connectivity index (χ0v) is 13.8. The lowest BCUT2D eigenvalue weighted by Crippen LogP contribution is -2.35. The van der Waals surface area contributed by atoms with Crippen molar-refractivity contribution in [1.82, 2.24) is 5.32 Å². The molecule has 20 heavy (non-hydrogen) atoms. The standard InChI is InChI=1S/C16H29NO2S/c1-13(2)6-4-7-14(3)17-10-15(18)11-19-12-16-8-5-9-20-16/h5,8-9,13-15,17-18H,4,6-7,10-12H2,1-3H3. The lowest BCUT2D eigenvalue weighted by atomic mass is 10.0. The SMILES string of the molecule is CC(C)CCCC(C)NCC(O)COCc1cccs1. The summed E-state index contributed by atoms with van der Waals surface area (Å²) in [6.45, 7) is 8.29. The molecule has 116 valence electrons. The van der Waals surface area contributed by atoms with Crippen molar-refractivity contribution in [3.05, 3.63) is 22.4 Å². The number of thiophene rings is 1. The van der Waals surface area contributed by atoms with E-state index in [0.717, 1.165) is 5.92 Å². The molecule has 1 rings (SSSR count). The Morgan fingerprint density at radius 3 is 2.75 bits per heavy atom. The first-order valence-corrected chi connectivity index (χ1v) is 8.47. The molecule has 0 spiro atoms. The highest BCUT2D eigenvalue weighted by atomic mass is 32.1. The summed E-state index contributed by atoms with van der Waals surface area (Å²) in [7, 11) is 0. The van der Waals surface area contributed by atoms with Crippen molar-refractivity contribution < 1.29 is 9.84 Å². The summed E-state index contributed by atoms with van der Waals surface area (Å²) in [5, 5.41) is 15.3. The topological polar surface area (TPSA) is 41.5 Å². The zero-order valence-electron chi connectivity index (χ0n) is 13.0. The number of aliphatic hydroxyl groups is 1. The second kappa shape index (κ2) is 10.3. The van der Waals surface area contributed by atoms with E-state index in [1.165, 1.54) is 24.1 Å². The fourth-order valence-corrected chi connectivity index (χ4v) is 2.66. The van der Waals surface area contributed by atoms with Crippen LogP contribution in [-0.4, -0.2) is 30.4 Å². The molecule has 0 aliphatic rings. The predicted octanol–water partition coefficient (Wildman–Crippen LogP) is 3.43. The zero-order chi connectivity index (χ0) is 14.8. The maximum atomic E-state index is 9.86. The maximum absolute atomic E-state index is 9.86. The van der Waals surface area contributed by atoms with Crippen molar-refractivity contribution >= 4 is 11.3 Å². The average Bonchev–Trinajstić information content (AvgIpc) is 2.89. The molecule has 0 aromatic carbocycles. The highest BCUT2D eigenvalue weighted by Gasteiger charge is 2.08. The monoisotopic (exact) mass is 299 g/mol. The minimum Gasteiger partial charge on any atom is -0.389 e. The van der Waals surface area contributed by atoms with Gasteiger partial charge in [-0.15, -0.1) is 11.3 Å². The lowest BCUT2D eigenvalue weighted by molar-refractivity contribution is 0.0287. The lowest BCUT2D eigenvalue weighted by Gasteiger charge is -2.17. The Morgan fingerprint density at radius 2 is 2.10 bits per heavy atom. The molecule has 0 amide bonds. The molecular weight excluding hydrogens is 270 g/mol. The number of hydrogen-bond donors (Lipinski definition) is 2. The van der Waals surface area contributed by atoms with E-state index in [-0.39, 0.29) is 0 Å². The average molecular weight is 299 g/mol. The molecule has 0 saturated heterocycles. The Hall–Kier alpha value is -0.420. The number of ether oxygens (including phenoxy) is 1. The molecule has 0 bridgehead atoms. The number of nitrogens with one attached hydrogen (secondary N) is 1. The van der Waals surface area contributed by atoms with E-state index in [1.807, 2.05) is 17.5 Å². The van der Waals surface area contributed by atoms with Crippen LogP contribution in [0.1, 0.15) is 44.9 Å². The van der Waals surface area contributed by atoms with Gasteiger partial charge in [0, 0.05) is 17.5 Å². The van der Waals surface area contributed by atoms with E-state index < -0.39 is 6.10 Å². The third kappa shape index (κ3) is 8.69. The normalized spacial score (nSPS) is 14.7. The number of rotatable bonds is 11. The molecule has 2 atom stereocenters. The third-order valence-corrected chi connectivity index (χ3v) is 4.11. The van der Waals surface area contributed by atoms with Gasteiger partial charge in [-0.3, -0.25) is 0 Å². The van der Waals surface area contributed by atoms with Crippen LogP contribution in [0.2, 0.25) is 0 Å². The second-order valence-electron chi connectivity index (χ2n) is 5.88. The molecule has 0 fully saturated rings. The fraction of sp³-hybridized carbons (Fsp3) is 0.750. The Balaban J connectivity index is 1.99. The quantitative estimate of drug-likeness (QED) is 0.658. The first kappa shape index (κ1) is 17.6. The van der Waals surface area contributed by atoms with Gasteiger partial charge < -0.3 is 15.2 Å².